The van der Waals surface area contributed by atoms with Crippen molar-refractivity contribution < 1.29 is 62.6 Å². The molecule has 80 heavy (non-hydrogen) atoms. The van der Waals surface area contributed by atoms with Gasteiger partial charge in [0, 0.05) is 62.4 Å². The third-order valence-electron chi connectivity index (χ3n) is 12.7. The van der Waals surface area contributed by atoms with Crippen LogP contribution in [0.2, 0.25) is 0 Å². The lowest BCUT2D eigenvalue weighted by Crippen LogP contribution is -2.59. The largest absolute Gasteiger partial charge is 0.480 e. The SMILES string of the molecule is NC(=O)CNC(=O)[C@H](CCCN=C(N)N)NC(=O)[C@@H]1CCCN1C(=O)[C@H](CSSC[C@H](NC(=O)[C@@H]1CCCN1C(=O)[C@H](Cc1cnc[nH]1)NC(=O)[C@@H](N)CCCN=C(N)N)C(=O)O)NC(=O)[C@H](CC(N)=O)NC(=O)[C@@H]1CCC(=O)N1. The quantitative estimate of drug-likeness (QED) is 0.0135. The van der Waals surface area contributed by atoms with E-state index in [1.165, 1.54) is 17.4 Å². The number of primary amides is 2. The summed E-state index contributed by atoms with van der Waals surface area (Å²) in [5.74, 6) is -11.1. The van der Waals surface area contributed by atoms with Gasteiger partial charge in [0.1, 0.15) is 48.3 Å². The summed E-state index contributed by atoms with van der Waals surface area (Å²) in [7, 11) is 1.75. The smallest absolute Gasteiger partial charge is 0.327 e. The molecule has 0 bridgehead atoms. The normalized spacial score (nSPS) is 18.9. The highest BCUT2D eigenvalue weighted by atomic mass is 33.1. The third kappa shape index (κ3) is 21.0. The Morgan fingerprint density at radius 1 is 0.675 bits per heavy atom. The fourth-order valence-corrected chi connectivity index (χ4v) is 11.0. The summed E-state index contributed by atoms with van der Waals surface area (Å²) in [6.45, 7) is -0.185. The second-order valence-corrected chi connectivity index (χ2v) is 21.4. The minimum absolute atomic E-state index is 0.0137. The van der Waals surface area contributed by atoms with Crippen LogP contribution in [0.15, 0.2) is 22.5 Å². The van der Waals surface area contributed by atoms with Crippen LogP contribution in [0.5, 0.6) is 0 Å². The molecule has 3 fully saturated rings. The van der Waals surface area contributed by atoms with E-state index in [2.05, 4.69) is 57.2 Å². The van der Waals surface area contributed by atoms with Crippen molar-refractivity contribution in [3.63, 3.8) is 0 Å². The second kappa shape index (κ2) is 32.2. The Kier molecular flexibility index (Phi) is 26.0. The number of aliphatic imine (C=N–C) groups is 2. The van der Waals surface area contributed by atoms with Gasteiger partial charge in [-0.25, -0.2) is 9.78 Å². The standard InChI is InChI=1S/C45H72N20O13S2/c46-23(5-1-11-54-44(49)50)35(69)61-27(15-22-17-53-21-57-22)41(75)64-13-3-8-31(64)40(74)63-29(43(77)78)20-80-79-19-28(62-38(72)26(16-32(47)66)60-37(71)25-9-10-34(68)58-25)42(76)65-14-4-7-30(65)39(73)59-24(6-2-12-55-45(51)52)36(70)56-18-33(48)67/h17,21,23-31H,1-16,18-20,46H2,(H2,47,66)(H2,48,67)(H,53,57)(H,56,70)(H,58,68)(H,59,73)(H,60,71)(H,61,69)(H,62,72)(H,63,74)(H,77,78)(H4,49,50,54)(H4,51,52,55)/t23-,24-,25-,26-,27-,28-,29-,30-,31-/m0/s1. The number of hydrogen-bond acceptors (Lipinski definition) is 18. The number of nitrogens with two attached hydrogens (primary N) is 7. The Hall–Kier alpha value is -7.95. The van der Waals surface area contributed by atoms with Gasteiger partial charge in [0.05, 0.1) is 25.3 Å². The zero-order valence-electron chi connectivity index (χ0n) is 43.7. The molecule has 0 aliphatic carbocycles. The number of imidazole rings is 1. The highest BCUT2D eigenvalue weighted by Gasteiger charge is 2.42. The summed E-state index contributed by atoms with van der Waals surface area (Å²) in [6, 6.07) is -11.7. The molecule has 442 valence electrons. The Bertz CT molecular complexity index is 2460. The van der Waals surface area contributed by atoms with Crippen LogP contribution < -0.4 is 77.4 Å². The molecule has 0 aromatic carbocycles. The van der Waals surface area contributed by atoms with Crippen LogP contribution in [0.3, 0.4) is 0 Å². The fourth-order valence-electron chi connectivity index (χ4n) is 8.71. The van der Waals surface area contributed by atoms with E-state index >= 15 is 0 Å². The van der Waals surface area contributed by atoms with Crippen molar-refractivity contribution in [3.05, 3.63) is 18.2 Å². The Labute approximate surface area is 466 Å². The first kappa shape index (κ1) is 64.6. The lowest BCUT2D eigenvalue weighted by atomic mass is 10.1. The van der Waals surface area contributed by atoms with Crippen LogP contribution in [-0.4, -0.2) is 206 Å². The van der Waals surface area contributed by atoms with E-state index in [1.807, 2.05) is 0 Å². The number of H-pyrrole nitrogens is 1. The van der Waals surface area contributed by atoms with E-state index in [1.54, 1.807) is 0 Å². The molecule has 0 spiro atoms. The molecule has 23 N–H and O–H groups in total. The first-order valence-corrected chi connectivity index (χ1v) is 28.0. The Morgan fingerprint density at radius 2 is 1.23 bits per heavy atom. The molecule has 4 heterocycles. The van der Waals surface area contributed by atoms with Crippen molar-refractivity contribution in [1.82, 2.24) is 57.0 Å². The molecule has 1 aromatic heterocycles. The molecule has 35 heteroatoms. The molecule has 0 saturated carbocycles. The number of carboxylic acids is 1. The predicted molar refractivity (Wildman–Crippen MR) is 289 cm³/mol. The van der Waals surface area contributed by atoms with E-state index in [0.717, 1.165) is 26.5 Å². The number of amides is 11. The van der Waals surface area contributed by atoms with Crippen LogP contribution >= 0.6 is 21.6 Å². The molecule has 4 rings (SSSR count). The average molecular weight is 1170 g/mol. The maximum atomic E-state index is 14.6. The van der Waals surface area contributed by atoms with Gasteiger partial charge in [-0.1, -0.05) is 21.6 Å². The lowest BCUT2D eigenvalue weighted by Gasteiger charge is -2.30. The molecule has 33 nitrogen and oxygen atoms in total. The molecule has 3 aliphatic rings. The van der Waals surface area contributed by atoms with Gasteiger partial charge in [-0.3, -0.25) is 62.7 Å². The first-order valence-electron chi connectivity index (χ1n) is 25.5. The molecule has 1 aromatic rings. The Morgan fingerprint density at radius 3 is 1.75 bits per heavy atom. The zero-order valence-corrected chi connectivity index (χ0v) is 45.4. The minimum Gasteiger partial charge on any atom is -0.480 e. The summed E-state index contributed by atoms with van der Waals surface area (Å²) in [4.78, 5) is 175. The number of guanidine groups is 2. The highest BCUT2D eigenvalue weighted by molar-refractivity contribution is 8.76. The Balaban J connectivity index is 1.50. The summed E-state index contributed by atoms with van der Waals surface area (Å²) < 4.78 is 0. The monoisotopic (exact) mass is 1160 g/mol. The number of aliphatic carboxylic acids is 1. The number of nitrogens with one attached hydrogen (secondary N) is 8. The van der Waals surface area contributed by atoms with Gasteiger partial charge in [0.15, 0.2) is 11.9 Å². The maximum Gasteiger partial charge on any atom is 0.327 e. The van der Waals surface area contributed by atoms with Gasteiger partial charge in [0.2, 0.25) is 65.0 Å². The van der Waals surface area contributed by atoms with Gasteiger partial charge < -0.3 is 97.2 Å². The summed E-state index contributed by atoms with van der Waals surface area (Å²) in [5, 5.41) is 27.7. The highest BCUT2D eigenvalue weighted by Crippen LogP contribution is 2.27. The summed E-state index contributed by atoms with van der Waals surface area (Å²) >= 11 is 0. The molecule has 0 radical (unpaired) electrons. The van der Waals surface area contributed by atoms with Crippen molar-refractivity contribution in [1.29, 1.82) is 0 Å². The van der Waals surface area contributed by atoms with E-state index in [0.29, 0.717) is 18.5 Å². The minimum atomic E-state index is -1.65. The number of aromatic nitrogens is 2. The summed E-state index contributed by atoms with van der Waals surface area (Å²) in [6.07, 6.45) is 3.76. The van der Waals surface area contributed by atoms with E-state index in [-0.39, 0.29) is 107 Å². The van der Waals surface area contributed by atoms with Crippen molar-refractivity contribution in [2.45, 2.75) is 131 Å². The van der Waals surface area contributed by atoms with Gasteiger partial charge in [-0.05, 0) is 57.8 Å². The van der Waals surface area contributed by atoms with Gasteiger partial charge in [0.25, 0.3) is 0 Å². The predicted octanol–water partition coefficient (Wildman–Crippen LogP) is -7.99. The number of carboxylic acid groups (broad SMARTS) is 1. The topological polar surface area (TPSA) is 551 Å². The fraction of sp³-hybridized carbons (Fsp3) is 0.622. The molecular formula is C45H72N20O13S2. The molecule has 11 amide bonds. The van der Waals surface area contributed by atoms with Crippen LogP contribution in [0.4, 0.5) is 0 Å². The van der Waals surface area contributed by atoms with Gasteiger partial charge in [-0.2, -0.15) is 0 Å². The number of rotatable bonds is 33. The van der Waals surface area contributed by atoms with E-state index < -0.39 is 138 Å². The average Bonchev–Trinajstić information content (AvgIpc) is 4.28. The van der Waals surface area contributed by atoms with Gasteiger partial charge >= 0.3 is 5.97 Å². The molecule has 3 saturated heterocycles. The molecule has 0 unspecified atom stereocenters. The van der Waals surface area contributed by atoms with E-state index in [4.69, 9.17) is 40.1 Å². The first-order chi connectivity index (χ1) is 37.9. The zero-order chi connectivity index (χ0) is 59.1. The number of likely N-dealkylation sites (tertiary alicyclic amines) is 2. The summed E-state index contributed by atoms with van der Waals surface area (Å²) in [5.41, 5.74) is 38.8. The lowest BCUT2D eigenvalue weighted by molar-refractivity contribution is -0.144. The molecular weight excluding hydrogens is 1090 g/mol. The van der Waals surface area contributed by atoms with E-state index in [9.17, 15) is 62.6 Å². The number of aromatic amines is 1. The number of nitrogens with zero attached hydrogens (tertiary/aromatic N) is 5. The van der Waals surface area contributed by atoms with Crippen LogP contribution in [0, 0.1) is 0 Å². The number of carbonyl (C=O) groups excluding carboxylic acids is 11. The number of carbonyl (C=O) groups is 12. The van der Waals surface area contributed by atoms with Gasteiger partial charge in [-0.15, -0.1) is 0 Å². The van der Waals surface area contributed by atoms with Crippen molar-refractivity contribution in [2.24, 2.45) is 50.1 Å². The molecule has 9 atom stereocenters. The van der Waals surface area contributed by atoms with Crippen LogP contribution in [0.25, 0.3) is 0 Å². The van der Waals surface area contributed by atoms with Crippen LogP contribution in [0.1, 0.15) is 76.3 Å². The second-order valence-electron chi connectivity index (χ2n) is 18.9. The van der Waals surface area contributed by atoms with Crippen molar-refractivity contribution in [3.8, 4) is 0 Å². The van der Waals surface area contributed by atoms with Crippen molar-refractivity contribution in [2.75, 3.05) is 44.2 Å². The van der Waals surface area contributed by atoms with Crippen molar-refractivity contribution >= 4 is 104 Å². The maximum absolute atomic E-state index is 14.6. The number of hydrogen-bond donors (Lipinski definition) is 16. The molecule has 3 aliphatic heterocycles. The van der Waals surface area contributed by atoms with Crippen LogP contribution in [-0.2, 0) is 64.0 Å². The third-order valence-corrected chi connectivity index (χ3v) is 15.1.